The highest BCUT2D eigenvalue weighted by molar-refractivity contribution is 5.85. The average molecular weight is 831 g/mol. The fourth-order valence-electron chi connectivity index (χ4n) is 8.98. The number of halogens is 2. The topological polar surface area (TPSA) is 51.6 Å². The first-order valence-corrected chi connectivity index (χ1v) is 21.5. The van der Waals surface area contributed by atoms with E-state index in [9.17, 15) is 0 Å². The van der Waals surface area contributed by atoms with Crippen LogP contribution < -0.4 is 0 Å². The molecule has 0 bridgehead atoms. The Morgan fingerprint density at radius 1 is 0.406 bits per heavy atom. The van der Waals surface area contributed by atoms with Crippen LogP contribution in [0.25, 0.3) is 84.4 Å². The van der Waals surface area contributed by atoms with E-state index < -0.39 is 5.92 Å². The molecule has 6 heteroatoms. The lowest BCUT2D eigenvalue weighted by molar-refractivity contribution is 0.0481. The van der Waals surface area contributed by atoms with Gasteiger partial charge in [0.15, 0.2) is 11.6 Å². The average Bonchev–Trinajstić information content (AvgIpc) is 3.59. The molecule has 2 atom stereocenters. The number of fused-ring (bicyclic) bond motifs is 3. The summed E-state index contributed by atoms with van der Waals surface area (Å²) in [6.07, 6.45) is 6.63. The summed E-state index contributed by atoms with van der Waals surface area (Å²) in [5.74, 6) is -2.11. The van der Waals surface area contributed by atoms with Crippen LogP contribution in [0.5, 0.6) is 0 Å². The number of rotatable bonds is 8. The summed E-state index contributed by atoms with van der Waals surface area (Å²) < 4.78 is 34.1. The Morgan fingerprint density at radius 3 is 1.36 bits per heavy atom. The second-order valence-corrected chi connectivity index (χ2v) is 16.5. The third-order valence-corrected chi connectivity index (χ3v) is 12.4. The summed E-state index contributed by atoms with van der Waals surface area (Å²) >= 11 is 0. The third kappa shape index (κ3) is 7.23. The minimum Gasteiger partial charge on any atom is -0.232 e. The number of aromatic nitrogens is 4. The van der Waals surface area contributed by atoms with Gasteiger partial charge in [-0.2, -0.15) is 8.78 Å². The Labute approximate surface area is 371 Å². The van der Waals surface area contributed by atoms with Crippen LogP contribution in [0.3, 0.4) is 0 Å². The van der Waals surface area contributed by atoms with Crippen LogP contribution in [0, 0.1) is 5.92 Å². The quantitative estimate of drug-likeness (QED) is 0.153. The van der Waals surface area contributed by atoms with Gasteiger partial charge in [0, 0.05) is 44.9 Å². The van der Waals surface area contributed by atoms with Gasteiger partial charge in [0.25, 0.3) is 5.92 Å². The molecule has 0 saturated carbocycles. The second kappa shape index (κ2) is 16.1. The van der Waals surface area contributed by atoms with Crippen molar-refractivity contribution in [1.82, 2.24) is 19.9 Å². The lowest BCUT2D eigenvalue weighted by Crippen LogP contribution is -2.13. The first-order valence-electron chi connectivity index (χ1n) is 21.5. The Kier molecular flexibility index (Phi) is 9.77. The molecule has 0 saturated heterocycles. The van der Waals surface area contributed by atoms with Crippen LogP contribution in [0.2, 0.25) is 0 Å². The predicted octanol–water partition coefficient (Wildman–Crippen LogP) is 14.8. The van der Waals surface area contributed by atoms with E-state index in [1.807, 2.05) is 140 Å². The van der Waals surface area contributed by atoms with E-state index >= 15 is 8.78 Å². The maximum Gasteiger partial charge on any atom is 0.299 e. The molecule has 0 radical (unpaired) electrons. The van der Waals surface area contributed by atoms with E-state index in [1.54, 1.807) is 18.2 Å². The molecule has 64 heavy (non-hydrogen) atoms. The third-order valence-electron chi connectivity index (χ3n) is 12.4. The maximum atomic E-state index is 17.0. The SMILES string of the molecule is CC1C=C(c2ccccc2)C=CC1c1cc(-c2ccc3c(c2)C(F)(F)c2cc(-c4cc(-c5ccc(-c6ccccc6)cc5)nc(-c5ccccc5)n4)ccc2-3)nc(-c2ccccc2)n1. The molecule has 0 N–H and O–H groups in total. The van der Waals surface area contributed by atoms with Crippen molar-refractivity contribution < 1.29 is 8.78 Å². The Bertz CT molecular complexity index is 3240. The molecule has 306 valence electrons. The van der Waals surface area contributed by atoms with Crippen LogP contribution in [0.4, 0.5) is 8.78 Å². The van der Waals surface area contributed by atoms with Crippen molar-refractivity contribution in [2.45, 2.75) is 18.8 Å². The van der Waals surface area contributed by atoms with Gasteiger partial charge >= 0.3 is 0 Å². The minimum atomic E-state index is -3.28. The number of allylic oxidation sites excluding steroid dienone is 4. The van der Waals surface area contributed by atoms with Crippen molar-refractivity contribution in [3.05, 3.63) is 235 Å². The monoisotopic (exact) mass is 830 g/mol. The van der Waals surface area contributed by atoms with Crippen LogP contribution in [-0.2, 0) is 5.92 Å². The van der Waals surface area contributed by atoms with Gasteiger partial charge in [0.1, 0.15) is 0 Å². The highest BCUT2D eigenvalue weighted by Crippen LogP contribution is 2.53. The zero-order valence-corrected chi connectivity index (χ0v) is 34.9. The Balaban J connectivity index is 0.957. The van der Waals surface area contributed by atoms with Gasteiger partial charge in [-0.1, -0.05) is 195 Å². The first-order chi connectivity index (χ1) is 31.4. The minimum absolute atomic E-state index is 0.0337. The normalized spacial score (nSPS) is 15.9. The Hall–Kier alpha value is -7.96. The number of nitrogens with zero attached hydrogens (tertiary/aromatic N) is 4. The summed E-state index contributed by atoms with van der Waals surface area (Å²) in [5, 5.41) is 0. The van der Waals surface area contributed by atoms with Gasteiger partial charge in [-0.05, 0) is 63.6 Å². The molecule has 2 aliphatic carbocycles. The van der Waals surface area contributed by atoms with E-state index in [4.69, 9.17) is 19.9 Å². The molecule has 2 aliphatic rings. The van der Waals surface area contributed by atoms with Crippen molar-refractivity contribution in [1.29, 1.82) is 0 Å². The van der Waals surface area contributed by atoms with Gasteiger partial charge in [-0.15, -0.1) is 0 Å². The van der Waals surface area contributed by atoms with E-state index in [2.05, 4.69) is 61.5 Å². The van der Waals surface area contributed by atoms with Crippen molar-refractivity contribution in [2.75, 3.05) is 0 Å². The summed E-state index contributed by atoms with van der Waals surface area (Å²) in [5.41, 5.74) is 11.9. The lowest BCUT2D eigenvalue weighted by atomic mass is 9.82. The highest BCUT2D eigenvalue weighted by Gasteiger charge is 2.45. The van der Waals surface area contributed by atoms with Crippen molar-refractivity contribution >= 4 is 5.57 Å². The molecule has 2 unspecified atom stereocenters. The number of benzene rings is 7. The number of hydrogen-bond acceptors (Lipinski definition) is 4. The van der Waals surface area contributed by atoms with E-state index in [1.165, 1.54) is 0 Å². The van der Waals surface area contributed by atoms with Gasteiger partial charge in [0.05, 0.1) is 22.8 Å². The zero-order chi connectivity index (χ0) is 43.2. The van der Waals surface area contributed by atoms with Crippen molar-refractivity contribution in [2.24, 2.45) is 5.92 Å². The summed E-state index contributed by atoms with van der Waals surface area (Å²) in [6, 6.07) is 62.8. The summed E-state index contributed by atoms with van der Waals surface area (Å²) in [7, 11) is 0. The molecule has 7 aromatic carbocycles. The van der Waals surface area contributed by atoms with Crippen LogP contribution in [0.15, 0.2) is 212 Å². The van der Waals surface area contributed by atoms with Crippen molar-refractivity contribution in [3.8, 4) is 78.8 Å². The van der Waals surface area contributed by atoms with Crippen LogP contribution >= 0.6 is 0 Å². The molecule has 4 nitrogen and oxygen atoms in total. The van der Waals surface area contributed by atoms with Gasteiger partial charge in [-0.25, -0.2) is 19.9 Å². The standard InChI is InChI=1S/C58H40F2N4/c1-37-32-44(39-16-8-3-9-17-39)26-29-47(37)55-36-54(63-57(64-55)43-20-12-5-13-21-43)46-28-31-49-48-30-27-45(33-50(48)58(59,60)51(49)34-46)53-35-52(61-56(62-53)42-18-10-4-11-19-42)41-24-22-40(23-25-41)38-14-6-2-7-15-38/h2-37,47H,1H3. The molecule has 0 spiro atoms. The predicted molar refractivity (Wildman–Crippen MR) is 254 cm³/mol. The van der Waals surface area contributed by atoms with Crippen molar-refractivity contribution in [3.63, 3.8) is 0 Å². The first kappa shape index (κ1) is 38.9. The van der Waals surface area contributed by atoms with Crippen LogP contribution in [0.1, 0.15) is 35.2 Å². The number of alkyl halides is 2. The smallest absolute Gasteiger partial charge is 0.232 e. The molecule has 9 aromatic rings. The molecular formula is C58H40F2N4. The Morgan fingerprint density at radius 2 is 0.828 bits per heavy atom. The van der Waals surface area contributed by atoms with E-state index in [0.29, 0.717) is 51.0 Å². The molecule has 2 heterocycles. The fraction of sp³-hybridized carbons (Fsp3) is 0.0690. The molecule has 2 aromatic heterocycles. The summed E-state index contributed by atoms with van der Waals surface area (Å²) in [6.45, 7) is 2.19. The maximum absolute atomic E-state index is 17.0. The largest absolute Gasteiger partial charge is 0.299 e. The summed E-state index contributed by atoms with van der Waals surface area (Å²) in [4.78, 5) is 20.0. The highest BCUT2D eigenvalue weighted by atomic mass is 19.3. The molecule has 0 amide bonds. The lowest BCUT2D eigenvalue weighted by Gasteiger charge is -2.24. The van der Waals surface area contributed by atoms with Gasteiger partial charge in [0.2, 0.25) is 0 Å². The molecule has 11 rings (SSSR count). The van der Waals surface area contributed by atoms with E-state index in [-0.39, 0.29) is 23.0 Å². The van der Waals surface area contributed by atoms with Gasteiger partial charge in [-0.3, -0.25) is 0 Å². The van der Waals surface area contributed by atoms with Crippen LogP contribution in [-0.4, -0.2) is 19.9 Å². The molecule has 0 aliphatic heterocycles. The fourth-order valence-corrected chi connectivity index (χ4v) is 8.98. The second-order valence-electron chi connectivity index (χ2n) is 16.5. The molecule has 0 fully saturated rings. The van der Waals surface area contributed by atoms with Gasteiger partial charge < -0.3 is 0 Å². The molecular weight excluding hydrogens is 791 g/mol. The zero-order valence-electron chi connectivity index (χ0n) is 34.9. The number of hydrogen-bond donors (Lipinski definition) is 0. The van der Waals surface area contributed by atoms with E-state index in [0.717, 1.165) is 44.6 Å².